The number of ether oxygens (including phenoxy) is 1. The van der Waals surface area contributed by atoms with Gasteiger partial charge < -0.3 is 14.5 Å². The van der Waals surface area contributed by atoms with E-state index in [9.17, 15) is 9.59 Å². The Morgan fingerprint density at radius 1 is 1.18 bits per heavy atom. The van der Waals surface area contributed by atoms with Crippen molar-refractivity contribution in [2.24, 2.45) is 0 Å². The number of nitrogens with zero attached hydrogens (tertiary/aromatic N) is 3. The van der Waals surface area contributed by atoms with Crippen LogP contribution in [0.25, 0.3) is 11.1 Å². The molecule has 2 amide bonds. The average molecular weight is 381 g/mol. The molecule has 6 nitrogen and oxygen atoms in total. The van der Waals surface area contributed by atoms with Gasteiger partial charge in [0, 0.05) is 45.9 Å². The lowest BCUT2D eigenvalue weighted by Crippen LogP contribution is -2.61. The Hall–Kier alpha value is -2.73. The fraction of sp³-hybridized carbons (Fsp3) is 0.409. The van der Waals surface area contributed by atoms with Crippen molar-refractivity contribution in [2.75, 3.05) is 33.8 Å². The van der Waals surface area contributed by atoms with E-state index >= 15 is 0 Å². The van der Waals surface area contributed by atoms with E-state index < -0.39 is 5.60 Å². The Balaban J connectivity index is 1.92. The second-order valence-electron chi connectivity index (χ2n) is 7.32. The van der Waals surface area contributed by atoms with E-state index in [2.05, 4.69) is 11.1 Å². The van der Waals surface area contributed by atoms with Crippen LogP contribution in [0.15, 0.2) is 48.8 Å². The van der Waals surface area contributed by atoms with Crippen LogP contribution in [0.2, 0.25) is 0 Å². The molecule has 0 aliphatic carbocycles. The van der Waals surface area contributed by atoms with Crippen molar-refractivity contribution in [3.05, 3.63) is 54.4 Å². The number of carbonyl (C=O) groups is 2. The number of carbonyl (C=O) groups excluding carboxylic acids is 2. The van der Waals surface area contributed by atoms with Crippen molar-refractivity contribution < 1.29 is 14.3 Å². The van der Waals surface area contributed by atoms with Crippen LogP contribution < -0.4 is 0 Å². The predicted octanol–water partition coefficient (Wildman–Crippen LogP) is 2.39. The third kappa shape index (κ3) is 4.22. The molecule has 148 valence electrons. The van der Waals surface area contributed by atoms with Gasteiger partial charge in [0.2, 0.25) is 5.91 Å². The number of rotatable bonds is 5. The highest BCUT2D eigenvalue weighted by molar-refractivity contribution is 5.87. The number of likely N-dealkylation sites (N-methyl/N-ethyl adjacent to an activating group) is 1. The molecular formula is C22H27N3O3. The van der Waals surface area contributed by atoms with Gasteiger partial charge >= 0.3 is 0 Å². The minimum absolute atomic E-state index is 0.0461. The number of hydrogen-bond acceptors (Lipinski definition) is 4. The first-order valence-electron chi connectivity index (χ1n) is 9.58. The molecule has 1 aliphatic heterocycles. The number of morpholine rings is 1. The Labute approximate surface area is 166 Å². The smallest absolute Gasteiger partial charge is 0.256 e. The van der Waals surface area contributed by atoms with Crippen molar-refractivity contribution in [1.82, 2.24) is 14.8 Å². The van der Waals surface area contributed by atoms with Gasteiger partial charge in [0.25, 0.3) is 5.91 Å². The topological polar surface area (TPSA) is 62.7 Å². The standard InChI is InChI=1S/C22H27N3O3/c1-4-20(26)25-12-13-28-22(16-25,21(27)24(2)3)15-17-6-5-7-19(14-17)18-8-10-23-11-9-18/h5-11,14H,4,12-13,15-16H2,1-3H3. The van der Waals surface area contributed by atoms with Crippen LogP contribution in [0.3, 0.4) is 0 Å². The van der Waals surface area contributed by atoms with Crippen molar-refractivity contribution >= 4 is 11.8 Å². The van der Waals surface area contributed by atoms with E-state index in [0.717, 1.165) is 16.7 Å². The van der Waals surface area contributed by atoms with Gasteiger partial charge in [-0.3, -0.25) is 14.6 Å². The molecule has 2 aromatic rings. The molecule has 1 atom stereocenters. The van der Waals surface area contributed by atoms with E-state index in [0.29, 0.717) is 26.0 Å². The van der Waals surface area contributed by atoms with Crippen LogP contribution in [0.1, 0.15) is 18.9 Å². The van der Waals surface area contributed by atoms with Crippen LogP contribution in [0.5, 0.6) is 0 Å². The third-order valence-corrected chi connectivity index (χ3v) is 5.07. The second kappa shape index (κ2) is 8.52. The van der Waals surface area contributed by atoms with Crippen molar-refractivity contribution in [3.8, 4) is 11.1 Å². The lowest BCUT2D eigenvalue weighted by molar-refractivity contribution is -0.172. The summed E-state index contributed by atoms with van der Waals surface area (Å²) in [7, 11) is 3.45. The summed E-state index contributed by atoms with van der Waals surface area (Å²) >= 11 is 0. The molecule has 2 heterocycles. The zero-order chi connectivity index (χ0) is 20.1. The molecule has 0 radical (unpaired) electrons. The maximum absolute atomic E-state index is 13.1. The first kappa shape index (κ1) is 20.0. The zero-order valence-corrected chi connectivity index (χ0v) is 16.7. The van der Waals surface area contributed by atoms with Crippen LogP contribution >= 0.6 is 0 Å². The Morgan fingerprint density at radius 3 is 2.61 bits per heavy atom. The summed E-state index contributed by atoms with van der Waals surface area (Å²) in [5.41, 5.74) is 2.06. The maximum atomic E-state index is 13.1. The van der Waals surface area contributed by atoms with Gasteiger partial charge in [0.1, 0.15) is 0 Å². The first-order valence-corrected chi connectivity index (χ1v) is 9.58. The summed E-state index contributed by atoms with van der Waals surface area (Å²) in [6.07, 6.45) is 4.36. The van der Waals surface area contributed by atoms with Crippen LogP contribution in [-0.4, -0.2) is 66.0 Å². The lowest BCUT2D eigenvalue weighted by Gasteiger charge is -2.43. The molecule has 1 unspecified atom stereocenters. The summed E-state index contributed by atoms with van der Waals surface area (Å²) in [5, 5.41) is 0. The molecule has 0 N–H and O–H groups in total. The molecule has 0 spiro atoms. The van der Waals surface area contributed by atoms with Gasteiger partial charge in [-0.15, -0.1) is 0 Å². The molecule has 6 heteroatoms. The molecule has 1 aliphatic rings. The summed E-state index contributed by atoms with van der Waals surface area (Å²) < 4.78 is 6.07. The van der Waals surface area contributed by atoms with Crippen molar-refractivity contribution in [3.63, 3.8) is 0 Å². The molecule has 28 heavy (non-hydrogen) atoms. The summed E-state index contributed by atoms with van der Waals surface area (Å²) in [4.78, 5) is 32.7. The van der Waals surface area contributed by atoms with Crippen molar-refractivity contribution in [1.29, 1.82) is 0 Å². The van der Waals surface area contributed by atoms with Gasteiger partial charge in [-0.05, 0) is 28.8 Å². The van der Waals surface area contributed by atoms with Gasteiger partial charge in [0.05, 0.1) is 13.2 Å². The van der Waals surface area contributed by atoms with E-state index in [1.54, 1.807) is 36.3 Å². The molecule has 3 rings (SSSR count). The van der Waals surface area contributed by atoms with E-state index in [4.69, 9.17) is 4.74 Å². The first-order chi connectivity index (χ1) is 13.4. The van der Waals surface area contributed by atoms with Gasteiger partial charge in [0.15, 0.2) is 5.60 Å². The van der Waals surface area contributed by atoms with E-state index in [1.807, 2.05) is 37.3 Å². The Bertz CT molecular complexity index is 838. The Morgan fingerprint density at radius 2 is 1.93 bits per heavy atom. The summed E-state index contributed by atoms with van der Waals surface area (Å²) in [6, 6.07) is 12.0. The minimum Gasteiger partial charge on any atom is -0.361 e. The molecule has 0 saturated carbocycles. The van der Waals surface area contributed by atoms with Gasteiger partial charge in [-0.2, -0.15) is 0 Å². The summed E-state index contributed by atoms with van der Waals surface area (Å²) in [6.45, 7) is 2.99. The molecule has 1 aromatic carbocycles. The number of aromatic nitrogens is 1. The number of hydrogen-bond donors (Lipinski definition) is 0. The molecule has 1 aromatic heterocycles. The van der Waals surface area contributed by atoms with Gasteiger partial charge in [-0.25, -0.2) is 0 Å². The molecular weight excluding hydrogens is 354 g/mol. The predicted molar refractivity (Wildman–Crippen MR) is 108 cm³/mol. The van der Waals surface area contributed by atoms with E-state index in [-0.39, 0.29) is 18.4 Å². The quantitative estimate of drug-likeness (QED) is 0.798. The lowest BCUT2D eigenvalue weighted by atomic mass is 9.89. The number of pyridine rings is 1. The van der Waals surface area contributed by atoms with Crippen LogP contribution in [-0.2, 0) is 20.7 Å². The maximum Gasteiger partial charge on any atom is 0.256 e. The zero-order valence-electron chi connectivity index (χ0n) is 16.7. The summed E-state index contributed by atoms with van der Waals surface area (Å²) in [5.74, 6) is -0.0693. The highest BCUT2D eigenvalue weighted by Crippen LogP contribution is 2.28. The fourth-order valence-electron chi connectivity index (χ4n) is 3.68. The van der Waals surface area contributed by atoms with Crippen LogP contribution in [0, 0.1) is 0 Å². The minimum atomic E-state index is -1.07. The van der Waals surface area contributed by atoms with Crippen molar-refractivity contribution in [2.45, 2.75) is 25.4 Å². The molecule has 1 saturated heterocycles. The fourth-order valence-corrected chi connectivity index (χ4v) is 3.68. The monoisotopic (exact) mass is 381 g/mol. The second-order valence-corrected chi connectivity index (χ2v) is 7.32. The SMILES string of the molecule is CCC(=O)N1CCOC(Cc2cccc(-c3ccncc3)c2)(C(=O)N(C)C)C1. The number of benzene rings is 1. The molecule has 0 bridgehead atoms. The third-order valence-electron chi connectivity index (χ3n) is 5.07. The normalized spacial score (nSPS) is 19.3. The highest BCUT2D eigenvalue weighted by Gasteiger charge is 2.45. The molecule has 1 fully saturated rings. The number of amides is 2. The van der Waals surface area contributed by atoms with Crippen LogP contribution in [0.4, 0.5) is 0 Å². The average Bonchev–Trinajstić information content (AvgIpc) is 2.73. The Kier molecular flexibility index (Phi) is 6.09. The largest absolute Gasteiger partial charge is 0.361 e. The van der Waals surface area contributed by atoms with Gasteiger partial charge in [-0.1, -0.05) is 31.2 Å². The highest BCUT2D eigenvalue weighted by atomic mass is 16.5. The van der Waals surface area contributed by atoms with E-state index in [1.165, 1.54) is 0 Å².